The van der Waals surface area contributed by atoms with Gasteiger partial charge in [-0.3, -0.25) is 4.90 Å². The Labute approximate surface area is 92.8 Å². The quantitative estimate of drug-likeness (QED) is 0.749. The fourth-order valence-electron chi connectivity index (χ4n) is 2.48. The Bertz CT molecular complexity index is 262. The zero-order chi connectivity index (χ0) is 10.7. The molecule has 1 unspecified atom stereocenters. The number of piperidine rings is 1. The predicted molar refractivity (Wildman–Crippen MR) is 64.7 cm³/mol. The fraction of sp³-hybridized carbons (Fsp3) is 0.692. The van der Waals surface area contributed by atoms with Crippen LogP contribution in [0.2, 0.25) is 0 Å². The Morgan fingerprint density at radius 1 is 1.33 bits per heavy atom. The van der Waals surface area contributed by atoms with E-state index in [0.29, 0.717) is 6.04 Å². The molecule has 84 valence electrons. The molecule has 0 radical (unpaired) electrons. The van der Waals surface area contributed by atoms with Crippen LogP contribution in [0.25, 0.3) is 0 Å². The zero-order valence-electron chi connectivity index (χ0n) is 9.65. The largest absolute Gasteiger partial charge is 0.324 e. The molecule has 2 atom stereocenters. The number of nitrogens with zero attached hydrogens (tertiary/aromatic N) is 1. The lowest BCUT2D eigenvalue weighted by Crippen LogP contribution is -2.38. The number of hydrogen-bond acceptors (Lipinski definition) is 2. The van der Waals surface area contributed by atoms with Crippen molar-refractivity contribution in [2.75, 3.05) is 13.1 Å². The Kier molecular flexibility index (Phi) is 3.60. The Morgan fingerprint density at radius 3 is 2.67 bits per heavy atom. The Morgan fingerprint density at radius 2 is 2.07 bits per heavy atom. The van der Waals surface area contributed by atoms with Crippen LogP contribution in [0.1, 0.15) is 32.6 Å². The summed E-state index contributed by atoms with van der Waals surface area (Å²) in [5.41, 5.74) is 7.29. The summed E-state index contributed by atoms with van der Waals surface area (Å²) >= 11 is 0. The molecule has 1 aliphatic carbocycles. The topological polar surface area (TPSA) is 29.3 Å². The highest BCUT2D eigenvalue weighted by Gasteiger charge is 2.19. The first-order chi connectivity index (χ1) is 7.27. The van der Waals surface area contributed by atoms with E-state index in [4.69, 9.17) is 5.73 Å². The van der Waals surface area contributed by atoms with Crippen molar-refractivity contribution in [1.82, 2.24) is 4.90 Å². The van der Waals surface area contributed by atoms with Crippen LogP contribution in [0.3, 0.4) is 0 Å². The van der Waals surface area contributed by atoms with Crippen molar-refractivity contribution in [2.45, 2.75) is 44.7 Å². The van der Waals surface area contributed by atoms with Crippen molar-refractivity contribution in [3.8, 4) is 0 Å². The van der Waals surface area contributed by atoms with E-state index in [1.807, 2.05) is 0 Å². The van der Waals surface area contributed by atoms with Crippen LogP contribution in [0.5, 0.6) is 0 Å². The van der Waals surface area contributed by atoms with Gasteiger partial charge in [-0.2, -0.15) is 0 Å². The molecule has 0 aromatic rings. The van der Waals surface area contributed by atoms with Gasteiger partial charge in [-0.05, 0) is 44.8 Å². The van der Waals surface area contributed by atoms with E-state index in [0.717, 1.165) is 6.42 Å². The molecule has 0 bridgehead atoms. The minimum absolute atomic E-state index is 0.238. The second-order valence-electron chi connectivity index (χ2n) is 4.74. The van der Waals surface area contributed by atoms with Crippen LogP contribution in [-0.2, 0) is 0 Å². The molecule has 15 heavy (non-hydrogen) atoms. The van der Waals surface area contributed by atoms with Crippen molar-refractivity contribution >= 4 is 0 Å². The minimum Gasteiger partial charge on any atom is -0.324 e. The molecular formula is C13H22N2. The molecule has 0 spiro atoms. The van der Waals surface area contributed by atoms with Gasteiger partial charge in [-0.25, -0.2) is 0 Å². The predicted octanol–water partition coefficient (Wildman–Crippen LogP) is 2.07. The maximum absolute atomic E-state index is 5.83. The monoisotopic (exact) mass is 206 g/mol. The summed E-state index contributed by atoms with van der Waals surface area (Å²) in [7, 11) is 0. The SMILES string of the molecule is C[C@@H](C1=CCC(N)C=C1)N1CCCCC1. The van der Waals surface area contributed by atoms with E-state index >= 15 is 0 Å². The highest BCUT2D eigenvalue weighted by atomic mass is 15.2. The highest BCUT2D eigenvalue weighted by molar-refractivity contribution is 5.29. The first-order valence-electron chi connectivity index (χ1n) is 6.15. The van der Waals surface area contributed by atoms with Gasteiger partial charge in [0.1, 0.15) is 0 Å². The van der Waals surface area contributed by atoms with Crippen LogP contribution in [-0.4, -0.2) is 30.1 Å². The van der Waals surface area contributed by atoms with Crippen molar-refractivity contribution < 1.29 is 0 Å². The first kappa shape index (κ1) is 10.9. The van der Waals surface area contributed by atoms with Gasteiger partial charge in [0.05, 0.1) is 0 Å². The molecular weight excluding hydrogens is 184 g/mol. The van der Waals surface area contributed by atoms with Gasteiger partial charge < -0.3 is 5.73 Å². The maximum Gasteiger partial charge on any atom is 0.0316 e. The van der Waals surface area contributed by atoms with E-state index in [1.165, 1.54) is 37.9 Å². The molecule has 2 aliphatic rings. The van der Waals surface area contributed by atoms with Crippen LogP contribution in [0.15, 0.2) is 23.8 Å². The lowest BCUT2D eigenvalue weighted by molar-refractivity contribution is 0.196. The molecule has 1 heterocycles. The molecule has 2 rings (SSSR count). The standard InChI is InChI=1S/C13H22N2/c1-11(15-9-3-2-4-10-15)12-5-7-13(14)8-6-12/h5-7,11,13H,2-4,8-10,14H2,1H3/t11-,13?/m0/s1. The molecule has 1 fully saturated rings. The lowest BCUT2D eigenvalue weighted by atomic mass is 9.96. The average Bonchev–Trinajstić information content (AvgIpc) is 2.30. The Balaban J connectivity index is 1.95. The van der Waals surface area contributed by atoms with Gasteiger partial charge in [0.2, 0.25) is 0 Å². The summed E-state index contributed by atoms with van der Waals surface area (Å²) < 4.78 is 0. The summed E-state index contributed by atoms with van der Waals surface area (Å²) in [5.74, 6) is 0. The van der Waals surface area contributed by atoms with Crippen LogP contribution < -0.4 is 5.73 Å². The van der Waals surface area contributed by atoms with Crippen molar-refractivity contribution in [3.63, 3.8) is 0 Å². The second-order valence-corrected chi connectivity index (χ2v) is 4.74. The lowest BCUT2D eigenvalue weighted by Gasteiger charge is -2.34. The Hall–Kier alpha value is -0.600. The molecule has 2 heteroatoms. The van der Waals surface area contributed by atoms with Gasteiger partial charge in [-0.15, -0.1) is 0 Å². The zero-order valence-corrected chi connectivity index (χ0v) is 9.65. The summed E-state index contributed by atoms with van der Waals surface area (Å²) in [6.45, 7) is 4.84. The van der Waals surface area contributed by atoms with Crippen LogP contribution in [0.4, 0.5) is 0 Å². The van der Waals surface area contributed by atoms with E-state index in [-0.39, 0.29) is 6.04 Å². The smallest absolute Gasteiger partial charge is 0.0316 e. The van der Waals surface area contributed by atoms with Crippen molar-refractivity contribution in [1.29, 1.82) is 0 Å². The third-order valence-electron chi connectivity index (χ3n) is 3.58. The third kappa shape index (κ3) is 2.70. The molecule has 2 N–H and O–H groups in total. The summed E-state index contributed by atoms with van der Waals surface area (Å²) in [6.07, 6.45) is 11.8. The molecule has 2 nitrogen and oxygen atoms in total. The number of hydrogen-bond donors (Lipinski definition) is 1. The van der Waals surface area contributed by atoms with Gasteiger partial charge in [0, 0.05) is 12.1 Å². The number of rotatable bonds is 2. The van der Waals surface area contributed by atoms with E-state index in [1.54, 1.807) is 0 Å². The molecule has 0 amide bonds. The van der Waals surface area contributed by atoms with Gasteiger partial charge in [-0.1, -0.05) is 24.6 Å². The van der Waals surface area contributed by atoms with Crippen LogP contribution in [0, 0.1) is 0 Å². The number of likely N-dealkylation sites (tertiary alicyclic amines) is 1. The van der Waals surface area contributed by atoms with E-state index in [9.17, 15) is 0 Å². The maximum atomic E-state index is 5.83. The van der Waals surface area contributed by atoms with Crippen molar-refractivity contribution in [2.24, 2.45) is 5.73 Å². The van der Waals surface area contributed by atoms with Gasteiger partial charge in [0.15, 0.2) is 0 Å². The molecule has 0 aromatic heterocycles. The second kappa shape index (κ2) is 4.95. The molecule has 1 saturated heterocycles. The first-order valence-corrected chi connectivity index (χ1v) is 6.15. The summed E-state index contributed by atoms with van der Waals surface area (Å²) in [5, 5.41) is 0. The van der Waals surface area contributed by atoms with Gasteiger partial charge >= 0.3 is 0 Å². The van der Waals surface area contributed by atoms with E-state index in [2.05, 4.69) is 30.1 Å². The van der Waals surface area contributed by atoms with Crippen molar-refractivity contribution in [3.05, 3.63) is 23.8 Å². The summed E-state index contributed by atoms with van der Waals surface area (Å²) in [4.78, 5) is 2.59. The minimum atomic E-state index is 0.238. The van der Waals surface area contributed by atoms with E-state index < -0.39 is 0 Å². The summed E-state index contributed by atoms with van der Waals surface area (Å²) in [6, 6.07) is 0.816. The normalized spacial score (nSPS) is 30.0. The molecule has 1 aliphatic heterocycles. The van der Waals surface area contributed by atoms with Gasteiger partial charge in [0.25, 0.3) is 0 Å². The molecule has 0 aromatic carbocycles. The highest BCUT2D eigenvalue weighted by Crippen LogP contribution is 2.20. The third-order valence-corrected chi connectivity index (χ3v) is 3.58. The fourth-order valence-corrected chi connectivity index (χ4v) is 2.48. The number of nitrogens with two attached hydrogens (primary N) is 1. The van der Waals surface area contributed by atoms with Crippen LogP contribution >= 0.6 is 0 Å². The average molecular weight is 206 g/mol. The molecule has 0 saturated carbocycles.